The van der Waals surface area contributed by atoms with Crippen molar-refractivity contribution >= 4 is 17.5 Å². The van der Waals surface area contributed by atoms with Crippen LogP contribution in [0.4, 0.5) is 13.2 Å². The van der Waals surface area contributed by atoms with Gasteiger partial charge >= 0.3 is 6.18 Å². The van der Waals surface area contributed by atoms with Crippen LogP contribution in [0.1, 0.15) is 19.4 Å². The van der Waals surface area contributed by atoms with Crippen LogP contribution < -0.4 is 5.43 Å². The second-order valence-corrected chi connectivity index (χ2v) is 6.28. The normalized spacial score (nSPS) is 20.4. The fourth-order valence-electron chi connectivity index (χ4n) is 2.25. The molecule has 1 saturated heterocycles. The molecule has 1 amide bonds. The van der Waals surface area contributed by atoms with Crippen molar-refractivity contribution in [3.63, 3.8) is 0 Å². The lowest BCUT2D eigenvalue weighted by atomic mass is 9.94. The van der Waals surface area contributed by atoms with Crippen molar-refractivity contribution in [1.82, 2.24) is 10.4 Å². The van der Waals surface area contributed by atoms with Gasteiger partial charge in [0.05, 0.1) is 5.41 Å². The topological polar surface area (TPSA) is 32.3 Å². The van der Waals surface area contributed by atoms with E-state index in [1.807, 2.05) is 0 Å². The van der Waals surface area contributed by atoms with Crippen molar-refractivity contribution in [2.24, 2.45) is 5.41 Å². The third-order valence-electron chi connectivity index (χ3n) is 3.52. The maximum absolute atomic E-state index is 13.3. The summed E-state index contributed by atoms with van der Waals surface area (Å²) in [7, 11) is 0. The molecule has 0 aromatic heterocycles. The Bertz CT molecular complexity index is 528. The molecule has 21 heavy (non-hydrogen) atoms. The zero-order chi connectivity index (χ0) is 15.8. The molecule has 1 aromatic rings. The highest BCUT2D eigenvalue weighted by atomic mass is 35.5. The Morgan fingerprint density at radius 3 is 2.33 bits per heavy atom. The van der Waals surface area contributed by atoms with Gasteiger partial charge in [0.15, 0.2) is 0 Å². The maximum Gasteiger partial charge on any atom is 0.406 e. The number of amides is 1. The number of rotatable bonds is 3. The fourth-order valence-corrected chi connectivity index (χ4v) is 2.38. The first kappa shape index (κ1) is 16.1. The number of carbonyl (C=O) groups excluding carboxylic acids is 1. The van der Waals surface area contributed by atoms with Crippen molar-refractivity contribution in [2.75, 3.05) is 6.54 Å². The number of nitrogens with one attached hydrogen (secondary N) is 1. The van der Waals surface area contributed by atoms with E-state index in [-0.39, 0.29) is 13.0 Å². The van der Waals surface area contributed by atoms with Crippen LogP contribution in [0.2, 0.25) is 5.02 Å². The van der Waals surface area contributed by atoms with E-state index < -0.39 is 23.5 Å². The van der Waals surface area contributed by atoms with E-state index in [0.717, 1.165) is 5.01 Å². The third-order valence-corrected chi connectivity index (χ3v) is 3.77. The quantitative estimate of drug-likeness (QED) is 0.927. The lowest BCUT2D eigenvalue weighted by Crippen LogP contribution is -2.51. The molecular formula is C14H16ClF3N2O. The van der Waals surface area contributed by atoms with Crippen molar-refractivity contribution < 1.29 is 18.0 Å². The number of alkyl halides is 3. The Morgan fingerprint density at radius 2 is 1.90 bits per heavy atom. The average Bonchev–Trinajstić information content (AvgIpc) is 2.61. The Morgan fingerprint density at radius 1 is 1.33 bits per heavy atom. The molecule has 1 atom stereocenters. The molecule has 0 aliphatic carbocycles. The minimum Gasteiger partial charge on any atom is -0.288 e. The third kappa shape index (κ3) is 3.68. The first-order chi connectivity index (χ1) is 9.59. The van der Waals surface area contributed by atoms with Crippen LogP contribution in [-0.4, -0.2) is 29.7 Å². The summed E-state index contributed by atoms with van der Waals surface area (Å²) in [5.74, 6) is -0.396. The van der Waals surface area contributed by atoms with E-state index in [4.69, 9.17) is 11.6 Å². The second-order valence-electron chi connectivity index (χ2n) is 5.84. The second kappa shape index (κ2) is 5.50. The van der Waals surface area contributed by atoms with E-state index in [0.29, 0.717) is 10.6 Å². The number of benzene rings is 1. The molecule has 0 spiro atoms. The largest absolute Gasteiger partial charge is 0.406 e. The fraction of sp³-hybridized carbons (Fsp3) is 0.500. The van der Waals surface area contributed by atoms with Crippen LogP contribution in [0.3, 0.4) is 0 Å². The van der Waals surface area contributed by atoms with Crippen LogP contribution in [0.25, 0.3) is 0 Å². The molecule has 1 heterocycles. The van der Waals surface area contributed by atoms with Crippen LogP contribution in [0.5, 0.6) is 0 Å². The summed E-state index contributed by atoms with van der Waals surface area (Å²) in [4.78, 5) is 11.7. The molecule has 1 N–H and O–H groups in total. The summed E-state index contributed by atoms with van der Waals surface area (Å²) in [6.07, 6.45) is -4.68. The summed E-state index contributed by atoms with van der Waals surface area (Å²) in [5.41, 5.74) is 2.02. The zero-order valence-electron chi connectivity index (χ0n) is 11.7. The van der Waals surface area contributed by atoms with Gasteiger partial charge in [0, 0.05) is 11.6 Å². The van der Waals surface area contributed by atoms with Gasteiger partial charge in [0.2, 0.25) is 5.91 Å². The van der Waals surface area contributed by atoms with Gasteiger partial charge in [0.25, 0.3) is 0 Å². The van der Waals surface area contributed by atoms with Crippen LogP contribution in [0.15, 0.2) is 24.3 Å². The lowest BCUT2D eigenvalue weighted by molar-refractivity contribution is -0.188. The van der Waals surface area contributed by atoms with E-state index in [9.17, 15) is 18.0 Å². The number of hydrazine groups is 1. The van der Waals surface area contributed by atoms with E-state index in [1.54, 1.807) is 38.1 Å². The predicted molar refractivity (Wildman–Crippen MR) is 73.6 cm³/mol. The smallest absolute Gasteiger partial charge is 0.288 e. The van der Waals surface area contributed by atoms with E-state index in [1.165, 1.54) is 0 Å². The lowest BCUT2D eigenvalue weighted by Gasteiger charge is -2.29. The molecule has 7 heteroatoms. The molecule has 2 rings (SSSR count). The monoisotopic (exact) mass is 320 g/mol. The zero-order valence-corrected chi connectivity index (χ0v) is 12.4. The Balaban J connectivity index is 2.20. The van der Waals surface area contributed by atoms with Crippen molar-refractivity contribution in [1.29, 1.82) is 0 Å². The first-order valence-electron chi connectivity index (χ1n) is 6.48. The van der Waals surface area contributed by atoms with Crippen molar-refractivity contribution in [3.05, 3.63) is 34.9 Å². The Kier molecular flexibility index (Phi) is 4.22. The standard InChI is InChI=1S/C14H16ClF3N2O/c1-13(2)8-20(19-12(13)21)11(14(16,17)18)7-9-3-5-10(15)6-4-9/h3-6,11H,7-8H2,1-2H3,(H,19,21). The summed E-state index contributed by atoms with van der Waals surface area (Å²) < 4.78 is 39.9. The number of nitrogens with zero attached hydrogens (tertiary/aromatic N) is 1. The number of carbonyl (C=O) groups is 1. The van der Waals surface area contributed by atoms with Crippen molar-refractivity contribution in [2.45, 2.75) is 32.5 Å². The molecule has 1 aliphatic rings. The van der Waals surface area contributed by atoms with Gasteiger partial charge in [-0.25, -0.2) is 5.01 Å². The maximum atomic E-state index is 13.3. The molecule has 3 nitrogen and oxygen atoms in total. The molecule has 1 fully saturated rings. The van der Waals surface area contributed by atoms with Gasteiger partial charge in [-0.2, -0.15) is 13.2 Å². The van der Waals surface area contributed by atoms with Gasteiger partial charge in [0.1, 0.15) is 6.04 Å². The molecule has 116 valence electrons. The molecule has 1 aliphatic heterocycles. The number of halogens is 4. The summed E-state index contributed by atoms with van der Waals surface area (Å²) in [6, 6.07) is 4.46. The van der Waals surface area contributed by atoms with Crippen molar-refractivity contribution in [3.8, 4) is 0 Å². The van der Waals surface area contributed by atoms with Gasteiger partial charge < -0.3 is 0 Å². The molecular weight excluding hydrogens is 305 g/mol. The van der Waals surface area contributed by atoms with Gasteiger partial charge in [-0.3, -0.25) is 10.2 Å². The highest BCUT2D eigenvalue weighted by Crippen LogP contribution is 2.32. The molecule has 1 unspecified atom stereocenters. The number of hydrogen-bond acceptors (Lipinski definition) is 2. The highest BCUT2D eigenvalue weighted by Gasteiger charge is 2.50. The Labute approximate surface area is 126 Å². The average molecular weight is 321 g/mol. The SMILES string of the molecule is CC1(C)CN(C(Cc2ccc(Cl)cc2)C(F)(F)F)NC1=O. The molecule has 0 bridgehead atoms. The van der Waals surface area contributed by atoms with Gasteiger partial charge in [-0.1, -0.05) is 23.7 Å². The Hall–Kier alpha value is -1.27. The van der Waals surface area contributed by atoms with E-state index >= 15 is 0 Å². The van der Waals surface area contributed by atoms with E-state index in [2.05, 4.69) is 5.43 Å². The van der Waals surface area contributed by atoms with Crippen LogP contribution >= 0.6 is 11.6 Å². The summed E-state index contributed by atoms with van der Waals surface area (Å²) in [5, 5.41) is 1.45. The molecule has 0 saturated carbocycles. The highest BCUT2D eigenvalue weighted by molar-refractivity contribution is 6.30. The molecule has 0 radical (unpaired) electrons. The first-order valence-corrected chi connectivity index (χ1v) is 6.86. The van der Waals surface area contributed by atoms with Crippen LogP contribution in [0, 0.1) is 5.41 Å². The summed E-state index contributed by atoms with van der Waals surface area (Å²) in [6.45, 7) is 3.26. The molecule has 1 aromatic carbocycles. The summed E-state index contributed by atoms with van der Waals surface area (Å²) >= 11 is 5.73. The minimum absolute atomic E-state index is 0.0175. The number of hydrogen-bond donors (Lipinski definition) is 1. The van der Waals surface area contributed by atoms with Crippen LogP contribution in [-0.2, 0) is 11.2 Å². The van der Waals surface area contributed by atoms with Gasteiger partial charge in [-0.05, 0) is 38.0 Å². The predicted octanol–water partition coefficient (Wildman–Crippen LogP) is 3.19. The van der Waals surface area contributed by atoms with Gasteiger partial charge in [-0.15, -0.1) is 0 Å². The minimum atomic E-state index is -4.44.